The molecular formula is C28H26F4N6O3. The van der Waals surface area contributed by atoms with E-state index in [0.29, 0.717) is 35.3 Å². The van der Waals surface area contributed by atoms with E-state index in [1.54, 1.807) is 10.7 Å². The number of carbonyl (C=O) groups excluding carboxylic acids is 2. The molecule has 0 saturated heterocycles. The van der Waals surface area contributed by atoms with Crippen LogP contribution in [-0.2, 0) is 23.8 Å². The van der Waals surface area contributed by atoms with Gasteiger partial charge >= 0.3 is 6.18 Å². The first-order valence-corrected chi connectivity index (χ1v) is 13.2. The Morgan fingerprint density at radius 2 is 1.90 bits per heavy atom. The summed E-state index contributed by atoms with van der Waals surface area (Å²) in [5.74, 6) is -3.13. The van der Waals surface area contributed by atoms with Crippen molar-refractivity contribution in [2.24, 2.45) is 0 Å². The van der Waals surface area contributed by atoms with Crippen LogP contribution in [0.2, 0.25) is 0 Å². The number of nitrogen functional groups attached to an aromatic ring is 1. The SMILES string of the molecule is C=CC(=O)N1CCc2nn(-c3ccc(C4CC4)cc3O)c3c2[C@H](C1)N(C(=O)c1cc(F)c(C(F)(F)F)nc1N)CC3. The summed E-state index contributed by atoms with van der Waals surface area (Å²) in [6, 6.07) is 5.20. The number of benzene rings is 1. The third-order valence-electron chi connectivity index (χ3n) is 7.94. The molecule has 3 aromatic rings. The summed E-state index contributed by atoms with van der Waals surface area (Å²) >= 11 is 0. The van der Waals surface area contributed by atoms with Gasteiger partial charge in [-0.25, -0.2) is 14.1 Å². The highest BCUT2D eigenvalue weighted by Crippen LogP contribution is 2.43. The van der Waals surface area contributed by atoms with Crippen molar-refractivity contribution in [1.82, 2.24) is 24.6 Å². The molecule has 0 bridgehead atoms. The first kappa shape index (κ1) is 26.8. The first-order chi connectivity index (χ1) is 19.5. The van der Waals surface area contributed by atoms with Gasteiger partial charge in [-0.1, -0.05) is 12.6 Å². The van der Waals surface area contributed by atoms with Crippen molar-refractivity contribution < 1.29 is 32.3 Å². The number of hydrogen-bond donors (Lipinski definition) is 2. The third-order valence-corrected chi connectivity index (χ3v) is 7.94. The minimum absolute atomic E-state index is 0.0470. The normalized spacial score (nSPS) is 18.6. The minimum Gasteiger partial charge on any atom is -0.506 e. The van der Waals surface area contributed by atoms with Crippen LogP contribution < -0.4 is 5.73 Å². The van der Waals surface area contributed by atoms with Gasteiger partial charge in [-0.05, 0) is 48.6 Å². The van der Waals surface area contributed by atoms with Gasteiger partial charge in [0, 0.05) is 38.0 Å². The van der Waals surface area contributed by atoms with Gasteiger partial charge in [-0.2, -0.15) is 18.3 Å². The number of halogens is 4. The quantitative estimate of drug-likeness (QED) is 0.363. The molecule has 3 N–H and O–H groups in total. The Morgan fingerprint density at radius 3 is 2.56 bits per heavy atom. The molecule has 9 nitrogen and oxygen atoms in total. The lowest BCUT2D eigenvalue weighted by Crippen LogP contribution is -2.46. The molecule has 3 aliphatic rings. The van der Waals surface area contributed by atoms with Crippen LogP contribution in [0.4, 0.5) is 23.4 Å². The van der Waals surface area contributed by atoms with Crippen LogP contribution in [-0.4, -0.2) is 61.1 Å². The van der Waals surface area contributed by atoms with Crippen LogP contribution in [0, 0.1) is 5.82 Å². The zero-order chi connectivity index (χ0) is 29.2. The van der Waals surface area contributed by atoms with E-state index >= 15 is 0 Å². The van der Waals surface area contributed by atoms with Crippen LogP contribution in [0.1, 0.15) is 63.4 Å². The number of rotatable bonds is 4. The Balaban J connectivity index is 1.42. The van der Waals surface area contributed by atoms with Crippen molar-refractivity contribution in [1.29, 1.82) is 0 Å². The van der Waals surface area contributed by atoms with Gasteiger partial charge in [-0.3, -0.25) is 9.59 Å². The van der Waals surface area contributed by atoms with Gasteiger partial charge in [0.25, 0.3) is 5.91 Å². The van der Waals surface area contributed by atoms with Crippen LogP contribution in [0.3, 0.4) is 0 Å². The van der Waals surface area contributed by atoms with Gasteiger partial charge < -0.3 is 20.6 Å². The number of aromatic hydroxyl groups is 1. The Morgan fingerprint density at radius 1 is 1.15 bits per heavy atom. The molecule has 0 spiro atoms. The number of phenolic OH excluding ortho intramolecular Hbond substituents is 1. The lowest BCUT2D eigenvalue weighted by molar-refractivity contribution is -0.143. The molecule has 2 aliphatic heterocycles. The van der Waals surface area contributed by atoms with E-state index in [-0.39, 0.29) is 37.7 Å². The Kier molecular flexibility index (Phi) is 6.27. The summed E-state index contributed by atoms with van der Waals surface area (Å²) in [6.07, 6.45) is -1.14. The van der Waals surface area contributed by atoms with E-state index in [2.05, 4.69) is 11.6 Å². The van der Waals surface area contributed by atoms with Gasteiger partial charge in [0.1, 0.15) is 17.3 Å². The Labute approximate surface area is 231 Å². The van der Waals surface area contributed by atoms with E-state index in [9.17, 15) is 32.3 Å². The van der Waals surface area contributed by atoms with E-state index in [4.69, 9.17) is 10.8 Å². The van der Waals surface area contributed by atoms with E-state index in [1.807, 2.05) is 12.1 Å². The molecule has 41 heavy (non-hydrogen) atoms. The Bertz CT molecular complexity index is 1600. The average Bonchev–Trinajstić information content (AvgIpc) is 3.74. The maximum Gasteiger partial charge on any atom is 0.436 e. The van der Waals surface area contributed by atoms with E-state index < -0.39 is 41.0 Å². The summed E-state index contributed by atoms with van der Waals surface area (Å²) in [5, 5.41) is 15.7. The summed E-state index contributed by atoms with van der Waals surface area (Å²) in [6.45, 7) is 3.94. The van der Waals surface area contributed by atoms with E-state index in [1.165, 1.54) is 9.80 Å². The standard InChI is InChI=1S/C28H26F4N6O3/c1-2-23(40)36-9-7-18-24-20(38(35-18)19-6-5-15(11-22(19)39)14-3-4-14)8-10-37(21(24)13-36)27(41)16-12-17(29)25(28(30,31)32)34-26(16)33/h2,5-6,11-12,14,21,39H,1,3-4,7-10,13H2,(H2,33,34)/t21-/m0/s1. The second-order valence-electron chi connectivity index (χ2n) is 10.5. The number of amides is 2. The molecule has 2 amide bonds. The van der Waals surface area contributed by atoms with Crippen molar-refractivity contribution >= 4 is 17.6 Å². The maximum absolute atomic E-state index is 14.4. The Hall–Kier alpha value is -4.42. The van der Waals surface area contributed by atoms with Crippen LogP contribution >= 0.6 is 0 Å². The third kappa shape index (κ3) is 4.58. The molecule has 0 unspecified atom stereocenters. The minimum atomic E-state index is -5.08. The van der Waals surface area contributed by atoms with Crippen molar-refractivity contribution in [2.75, 3.05) is 25.4 Å². The fraction of sp³-hybridized carbons (Fsp3) is 0.357. The highest BCUT2D eigenvalue weighted by molar-refractivity contribution is 5.99. The van der Waals surface area contributed by atoms with Gasteiger partial charge in [0.15, 0.2) is 11.5 Å². The maximum atomic E-state index is 14.4. The molecule has 0 radical (unpaired) electrons. The van der Waals surface area contributed by atoms with Crippen LogP contribution in [0.15, 0.2) is 36.9 Å². The molecule has 6 rings (SSSR count). The number of phenols is 1. The monoisotopic (exact) mass is 570 g/mol. The molecule has 214 valence electrons. The zero-order valence-corrected chi connectivity index (χ0v) is 21.8. The second kappa shape index (κ2) is 9.60. The lowest BCUT2D eigenvalue weighted by Gasteiger charge is -2.38. The predicted molar refractivity (Wildman–Crippen MR) is 139 cm³/mol. The fourth-order valence-electron chi connectivity index (χ4n) is 5.78. The summed E-state index contributed by atoms with van der Waals surface area (Å²) in [5.41, 5.74) is 6.98. The first-order valence-electron chi connectivity index (χ1n) is 13.2. The number of hydrogen-bond acceptors (Lipinski definition) is 6. The van der Waals surface area contributed by atoms with Crippen molar-refractivity contribution in [3.05, 3.63) is 76.5 Å². The number of carbonyl (C=O) groups is 2. The number of anilines is 1. The zero-order valence-electron chi connectivity index (χ0n) is 21.8. The number of nitrogens with zero attached hydrogens (tertiary/aromatic N) is 5. The van der Waals surface area contributed by atoms with Crippen molar-refractivity contribution in [3.63, 3.8) is 0 Å². The molecule has 1 aromatic carbocycles. The highest BCUT2D eigenvalue weighted by Gasteiger charge is 2.42. The van der Waals surface area contributed by atoms with Crippen LogP contribution in [0.5, 0.6) is 5.75 Å². The molecule has 13 heteroatoms. The van der Waals surface area contributed by atoms with Gasteiger partial charge in [0.2, 0.25) is 5.91 Å². The van der Waals surface area contributed by atoms with Gasteiger partial charge in [-0.15, -0.1) is 0 Å². The average molecular weight is 571 g/mol. The number of alkyl halides is 3. The molecule has 4 heterocycles. The van der Waals surface area contributed by atoms with Crippen molar-refractivity contribution in [2.45, 2.75) is 43.8 Å². The molecule has 1 saturated carbocycles. The summed E-state index contributed by atoms with van der Waals surface area (Å²) < 4.78 is 55.6. The highest BCUT2D eigenvalue weighted by atomic mass is 19.4. The molecular weight excluding hydrogens is 544 g/mol. The number of pyridine rings is 1. The summed E-state index contributed by atoms with van der Waals surface area (Å²) in [4.78, 5) is 32.4. The fourth-order valence-corrected chi connectivity index (χ4v) is 5.78. The largest absolute Gasteiger partial charge is 0.506 e. The number of nitrogens with two attached hydrogens (primary N) is 1. The van der Waals surface area contributed by atoms with Gasteiger partial charge in [0.05, 0.1) is 23.0 Å². The molecule has 2 aromatic heterocycles. The number of aromatic nitrogens is 3. The topological polar surface area (TPSA) is 118 Å². The molecule has 1 aliphatic carbocycles. The molecule has 1 atom stereocenters. The second-order valence-corrected chi connectivity index (χ2v) is 10.5. The summed E-state index contributed by atoms with van der Waals surface area (Å²) in [7, 11) is 0. The lowest BCUT2D eigenvalue weighted by atomic mass is 9.94. The van der Waals surface area contributed by atoms with E-state index in [0.717, 1.165) is 30.2 Å². The predicted octanol–water partition coefficient (Wildman–Crippen LogP) is 3.90. The van der Waals surface area contributed by atoms with Crippen LogP contribution in [0.25, 0.3) is 5.69 Å². The molecule has 1 fully saturated rings. The smallest absolute Gasteiger partial charge is 0.436 e. The van der Waals surface area contributed by atoms with Crippen molar-refractivity contribution in [3.8, 4) is 11.4 Å².